The number of aryl methyl sites for hydroxylation is 2. The fourth-order valence-corrected chi connectivity index (χ4v) is 3.25. The van der Waals surface area contributed by atoms with Gasteiger partial charge >= 0.3 is 17.9 Å². The lowest BCUT2D eigenvalue weighted by molar-refractivity contribution is -0.184. The maximum atomic E-state index is 12.7. The summed E-state index contributed by atoms with van der Waals surface area (Å²) in [6, 6.07) is 13.6. The Morgan fingerprint density at radius 3 is 2.00 bits per heavy atom. The highest BCUT2D eigenvalue weighted by Gasteiger charge is 2.53. The maximum Gasteiger partial charge on any atom is 0.338 e. The van der Waals surface area contributed by atoms with Gasteiger partial charge in [-0.3, -0.25) is 4.79 Å². The van der Waals surface area contributed by atoms with E-state index in [9.17, 15) is 14.4 Å². The number of rotatable bonds is 6. The third-order valence-electron chi connectivity index (χ3n) is 5.05. The van der Waals surface area contributed by atoms with E-state index in [2.05, 4.69) is 5.92 Å². The number of esters is 3. The average Bonchev–Trinajstić information content (AvgIpc) is 3.09. The minimum Gasteiger partial charge on any atom is -0.458 e. The molecule has 0 spiro atoms. The lowest BCUT2D eigenvalue weighted by Gasteiger charge is -2.28. The Hall–Kier alpha value is -3.63. The molecule has 0 aromatic heterocycles. The van der Waals surface area contributed by atoms with Crippen LogP contribution in [0.4, 0.5) is 0 Å². The maximum absolute atomic E-state index is 12.7. The van der Waals surface area contributed by atoms with Crippen molar-refractivity contribution in [1.82, 2.24) is 0 Å². The average molecular weight is 436 g/mol. The van der Waals surface area contributed by atoms with E-state index in [1.807, 2.05) is 13.8 Å². The van der Waals surface area contributed by atoms with Gasteiger partial charge in [0.2, 0.25) is 11.9 Å². The molecule has 7 heteroatoms. The SMILES string of the molecule is C#C[C@@]1(COC(=O)c2ccc(C)cc2)O[C@@H](OC(C)=O)C[C@@H]1OC(=O)c1ccc(C)cc1. The predicted molar refractivity (Wildman–Crippen MR) is 115 cm³/mol. The van der Waals surface area contributed by atoms with Crippen molar-refractivity contribution in [2.45, 2.75) is 45.2 Å². The number of benzene rings is 2. The van der Waals surface area contributed by atoms with Gasteiger partial charge < -0.3 is 18.9 Å². The summed E-state index contributed by atoms with van der Waals surface area (Å²) in [5, 5.41) is 0. The van der Waals surface area contributed by atoms with Crippen molar-refractivity contribution in [3.8, 4) is 12.3 Å². The largest absolute Gasteiger partial charge is 0.458 e. The number of terminal acetylenes is 1. The fourth-order valence-electron chi connectivity index (χ4n) is 3.25. The van der Waals surface area contributed by atoms with Crippen LogP contribution < -0.4 is 0 Å². The third-order valence-corrected chi connectivity index (χ3v) is 5.05. The predicted octanol–water partition coefficient (Wildman–Crippen LogP) is 3.37. The Bertz CT molecular complexity index is 1030. The first-order valence-electron chi connectivity index (χ1n) is 10.1. The molecule has 7 nitrogen and oxygen atoms in total. The summed E-state index contributed by atoms with van der Waals surface area (Å²) in [6.45, 7) is 4.64. The molecule has 1 aliphatic heterocycles. The molecule has 0 aliphatic carbocycles. The Labute approximate surface area is 186 Å². The van der Waals surface area contributed by atoms with Gasteiger partial charge in [-0.1, -0.05) is 41.3 Å². The molecule has 1 aliphatic rings. The molecule has 0 N–H and O–H groups in total. The second-order valence-corrected chi connectivity index (χ2v) is 7.63. The second-order valence-electron chi connectivity index (χ2n) is 7.63. The minimum atomic E-state index is -1.61. The van der Waals surface area contributed by atoms with Crippen molar-refractivity contribution < 1.29 is 33.3 Å². The topological polar surface area (TPSA) is 88.1 Å². The van der Waals surface area contributed by atoms with Crippen LogP contribution in [0.15, 0.2) is 48.5 Å². The van der Waals surface area contributed by atoms with Gasteiger partial charge in [0.15, 0.2) is 6.10 Å². The van der Waals surface area contributed by atoms with Crippen molar-refractivity contribution >= 4 is 17.9 Å². The molecule has 2 aromatic rings. The summed E-state index contributed by atoms with van der Waals surface area (Å²) < 4.78 is 21.9. The van der Waals surface area contributed by atoms with Crippen LogP contribution in [-0.2, 0) is 23.7 Å². The van der Waals surface area contributed by atoms with E-state index in [-0.39, 0.29) is 13.0 Å². The zero-order valence-electron chi connectivity index (χ0n) is 18.1. The van der Waals surface area contributed by atoms with Gasteiger partial charge in [0.25, 0.3) is 0 Å². The molecule has 166 valence electrons. The molecule has 1 saturated heterocycles. The number of ether oxygens (including phenoxy) is 4. The fraction of sp³-hybridized carbons (Fsp3) is 0.320. The lowest BCUT2D eigenvalue weighted by Crippen LogP contribution is -2.45. The van der Waals surface area contributed by atoms with Gasteiger partial charge in [0.05, 0.1) is 17.5 Å². The van der Waals surface area contributed by atoms with Crippen molar-refractivity contribution in [3.05, 3.63) is 70.8 Å². The quantitative estimate of drug-likeness (QED) is 0.390. The van der Waals surface area contributed by atoms with E-state index in [1.165, 1.54) is 6.92 Å². The van der Waals surface area contributed by atoms with Crippen LogP contribution in [0.3, 0.4) is 0 Å². The van der Waals surface area contributed by atoms with E-state index in [0.717, 1.165) is 11.1 Å². The van der Waals surface area contributed by atoms with Gasteiger partial charge in [-0.05, 0) is 38.1 Å². The highest BCUT2D eigenvalue weighted by Crippen LogP contribution is 2.35. The molecule has 0 saturated carbocycles. The smallest absolute Gasteiger partial charge is 0.338 e. The molecule has 0 amide bonds. The Morgan fingerprint density at radius 2 is 1.50 bits per heavy atom. The molecule has 3 atom stereocenters. The molecular formula is C25H24O7. The van der Waals surface area contributed by atoms with Crippen LogP contribution in [0, 0.1) is 26.2 Å². The number of carbonyl (C=O) groups excluding carboxylic acids is 3. The first-order valence-corrected chi connectivity index (χ1v) is 10.1. The molecule has 1 heterocycles. The monoisotopic (exact) mass is 436 g/mol. The van der Waals surface area contributed by atoms with Crippen LogP contribution in [-0.4, -0.2) is 42.5 Å². The van der Waals surface area contributed by atoms with E-state index in [0.29, 0.717) is 11.1 Å². The highest BCUT2D eigenvalue weighted by molar-refractivity contribution is 5.90. The molecule has 3 rings (SSSR count). The summed E-state index contributed by atoms with van der Waals surface area (Å²) in [5.74, 6) is 0.637. The number of hydrogen-bond acceptors (Lipinski definition) is 7. The molecule has 0 radical (unpaired) electrons. The zero-order valence-corrected chi connectivity index (χ0v) is 18.1. The summed E-state index contributed by atoms with van der Waals surface area (Å²) in [6.07, 6.45) is 3.69. The van der Waals surface area contributed by atoms with Gasteiger partial charge in [-0.25, -0.2) is 9.59 Å². The standard InChI is InChI=1S/C25H24O7/c1-5-25(15-29-23(27)19-10-6-16(2)7-11-19)21(14-22(32-25)30-18(4)26)31-24(28)20-12-8-17(3)9-13-20/h1,6-13,21-22H,14-15H2,2-4H3/t21-,22+,25-/m0/s1. The van der Waals surface area contributed by atoms with Crippen LogP contribution in [0.25, 0.3) is 0 Å². The summed E-state index contributed by atoms with van der Waals surface area (Å²) >= 11 is 0. The number of carbonyl (C=O) groups is 3. The van der Waals surface area contributed by atoms with Crippen LogP contribution in [0.2, 0.25) is 0 Å². The molecular weight excluding hydrogens is 412 g/mol. The van der Waals surface area contributed by atoms with Crippen LogP contribution in [0.5, 0.6) is 0 Å². The Balaban J connectivity index is 1.78. The summed E-state index contributed by atoms with van der Waals surface area (Å²) in [4.78, 5) is 36.6. The van der Waals surface area contributed by atoms with E-state index < -0.39 is 35.9 Å². The summed E-state index contributed by atoms with van der Waals surface area (Å²) in [7, 11) is 0. The molecule has 0 bridgehead atoms. The van der Waals surface area contributed by atoms with Crippen molar-refractivity contribution in [1.29, 1.82) is 0 Å². The molecule has 0 unspecified atom stereocenters. The van der Waals surface area contributed by atoms with Crippen LogP contribution >= 0.6 is 0 Å². The number of hydrogen-bond donors (Lipinski definition) is 0. The summed E-state index contributed by atoms with van der Waals surface area (Å²) in [5.41, 5.74) is 1.04. The van der Waals surface area contributed by atoms with E-state index in [4.69, 9.17) is 25.4 Å². The normalized spacial score (nSPS) is 21.9. The first-order chi connectivity index (χ1) is 15.2. The van der Waals surface area contributed by atoms with Crippen molar-refractivity contribution in [3.63, 3.8) is 0 Å². The van der Waals surface area contributed by atoms with Crippen molar-refractivity contribution in [2.24, 2.45) is 0 Å². The van der Waals surface area contributed by atoms with E-state index >= 15 is 0 Å². The third kappa shape index (κ3) is 5.34. The first kappa shape index (κ1) is 23.0. The molecule has 1 fully saturated rings. The van der Waals surface area contributed by atoms with Crippen molar-refractivity contribution in [2.75, 3.05) is 6.61 Å². The van der Waals surface area contributed by atoms with Crippen LogP contribution in [0.1, 0.15) is 45.2 Å². The second kappa shape index (κ2) is 9.67. The van der Waals surface area contributed by atoms with Gasteiger partial charge in [0.1, 0.15) is 6.61 Å². The van der Waals surface area contributed by atoms with E-state index in [1.54, 1.807) is 48.5 Å². The van der Waals surface area contributed by atoms with Gasteiger partial charge in [-0.2, -0.15) is 0 Å². The minimum absolute atomic E-state index is 0.00344. The lowest BCUT2D eigenvalue weighted by atomic mass is 9.98. The highest BCUT2D eigenvalue weighted by atomic mass is 16.7. The Morgan fingerprint density at radius 1 is 0.969 bits per heavy atom. The molecule has 2 aromatic carbocycles. The van der Waals surface area contributed by atoms with Gasteiger partial charge in [-0.15, -0.1) is 6.42 Å². The molecule has 32 heavy (non-hydrogen) atoms. The Kier molecular flexibility index (Phi) is 6.96. The zero-order chi connectivity index (χ0) is 23.3. The van der Waals surface area contributed by atoms with Gasteiger partial charge in [0, 0.05) is 6.92 Å².